The molecule has 28 heavy (non-hydrogen) atoms. The van der Waals surface area contributed by atoms with Gasteiger partial charge in [0.25, 0.3) is 5.91 Å². The van der Waals surface area contributed by atoms with E-state index in [1.165, 1.54) is 7.11 Å². The maximum atomic E-state index is 13.1. The number of carbonyl (C=O) groups is 1. The van der Waals surface area contributed by atoms with Crippen molar-refractivity contribution in [3.05, 3.63) is 35.2 Å². The minimum Gasteiger partial charge on any atom is -0.493 e. The van der Waals surface area contributed by atoms with Crippen molar-refractivity contribution in [2.75, 3.05) is 31.0 Å². The highest BCUT2D eigenvalue weighted by molar-refractivity contribution is 7.91. The second kappa shape index (κ2) is 7.12. The molecule has 2 aromatic rings. The second-order valence-electron chi connectivity index (χ2n) is 7.15. The molecule has 1 aliphatic heterocycles. The number of aryl methyl sites for hydroxylation is 1. The van der Waals surface area contributed by atoms with E-state index in [-0.39, 0.29) is 23.5 Å². The zero-order chi connectivity index (χ0) is 19.9. The van der Waals surface area contributed by atoms with E-state index >= 15 is 0 Å². The zero-order valence-electron chi connectivity index (χ0n) is 15.9. The summed E-state index contributed by atoms with van der Waals surface area (Å²) in [6.07, 6.45) is 3.04. The molecule has 8 nitrogen and oxygen atoms in total. The molecule has 150 valence electrons. The van der Waals surface area contributed by atoms with Crippen LogP contribution in [0, 0.1) is 0 Å². The molecule has 1 aromatic heterocycles. The lowest BCUT2D eigenvalue weighted by Crippen LogP contribution is -2.23. The first-order valence-corrected chi connectivity index (χ1v) is 11.1. The molecule has 9 heteroatoms. The van der Waals surface area contributed by atoms with Crippen LogP contribution in [0.1, 0.15) is 40.6 Å². The maximum Gasteiger partial charge on any atom is 0.274 e. The van der Waals surface area contributed by atoms with Gasteiger partial charge >= 0.3 is 0 Å². The number of amides is 1. The van der Waals surface area contributed by atoms with Gasteiger partial charge in [-0.05, 0) is 37.8 Å². The van der Waals surface area contributed by atoms with Gasteiger partial charge in [-0.1, -0.05) is 0 Å². The van der Waals surface area contributed by atoms with Crippen molar-refractivity contribution in [3.63, 3.8) is 0 Å². The first kappa shape index (κ1) is 18.8. The van der Waals surface area contributed by atoms with Gasteiger partial charge < -0.3 is 14.8 Å². The van der Waals surface area contributed by atoms with Crippen LogP contribution in [0.4, 0.5) is 5.69 Å². The monoisotopic (exact) mass is 405 g/mol. The molecule has 1 aromatic carbocycles. The summed E-state index contributed by atoms with van der Waals surface area (Å²) in [6.45, 7) is 0. The first-order valence-electron chi connectivity index (χ1n) is 9.26. The number of sulfone groups is 1. The van der Waals surface area contributed by atoms with E-state index in [1.807, 2.05) is 0 Å². The number of fused-ring (bicyclic) bond motifs is 1. The summed E-state index contributed by atoms with van der Waals surface area (Å²) in [5.74, 6) is 0.971. The van der Waals surface area contributed by atoms with Gasteiger partial charge in [0.2, 0.25) is 0 Å². The third-order valence-electron chi connectivity index (χ3n) is 5.34. The van der Waals surface area contributed by atoms with E-state index in [9.17, 15) is 13.2 Å². The number of aromatic nitrogens is 2. The van der Waals surface area contributed by atoms with Crippen molar-refractivity contribution in [3.8, 4) is 11.5 Å². The number of hydrogen-bond acceptors (Lipinski definition) is 6. The average Bonchev–Trinajstić information content (AvgIpc) is 3.34. The zero-order valence-corrected chi connectivity index (χ0v) is 16.7. The maximum absolute atomic E-state index is 13.1. The number of methoxy groups -OCH3 is 2. The molecule has 2 aliphatic rings. The fourth-order valence-corrected chi connectivity index (χ4v) is 5.68. The number of rotatable bonds is 5. The van der Waals surface area contributed by atoms with Crippen LogP contribution < -0.4 is 14.8 Å². The van der Waals surface area contributed by atoms with Gasteiger partial charge in [-0.3, -0.25) is 9.48 Å². The number of nitrogens with one attached hydrogen (secondary N) is 1. The summed E-state index contributed by atoms with van der Waals surface area (Å²) in [5.41, 5.74) is 2.88. The highest BCUT2D eigenvalue weighted by atomic mass is 32.2. The van der Waals surface area contributed by atoms with Gasteiger partial charge in [0, 0.05) is 17.3 Å². The lowest BCUT2D eigenvalue weighted by molar-refractivity contribution is 0.101. The van der Waals surface area contributed by atoms with Crippen LogP contribution in [0.15, 0.2) is 18.2 Å². The van der Waals surface area contributed by atoms with Crippen LogP contribution in [0.2, 0.25) is 0 Å². The molecule has 1 fully saturated rings. The van der Waals surface area contributed by atoms with Crippen LogP contribution in [-0.4, -0.2) is 49.8 Å². The Labute approximate surface area is 163 Å². The average molecular weight is 405 g/mol. The minimum atomic E-state index is -3.08. The number of benzene rings is 1. The first-order chi connectivity index (χ1) is 13.4. The molecule has 1 N–H and O–H groups in total. The summed E-state index contributed by atoms with van der Waals surface area (Å²) in [6, 6.07) is 4.86. The SMILES string of the molecule is COc1ccc(NC(=O)c2c3c(nn2[C@@H]2CCS(=O)(=O)C2)CCC3)cc1OC. The molecular formula is C19H23N3O5S. The third kappa shape index (κ3) is 3.34. The molecule has 0 bridgehead atoms. The molecule has 2 heterocycles. The van der Waals surface area contributed by atoms with Crippen LogP contribution in [0.25, 0.3) is 0 Å². The molecular weight excluding hydrogens is 382 g/mol. The second-order valence-corrected chi connectivity index (χ2v) is 9.38. The van der Waals surface area contributed by atoms with Gasteiger partial charge in [-0.15, -0.1) is 0 Å². The van der Waals surface area contributed by atoms with Crippen molar-refractivity contribution in [1.29, 1.82) is 0 Å². The van der Waals surface area contributed by atoms with Crippen LogP contribution in [0.3, 0.4) is 0 Å². The number of anilines is 1. The Morgan fingerprint density at radius 3 is 2.68 bits per heavy atom. The van der Waals surface area contributed by atoms with Crippen LogP contribution in [-0.2, 0) is 22.7 Å². The summed E-state index contributed by atoms with van der Waals surface area (Å²) < 4.78 is 36.0. The molecule has 0 radical (unpaired) electrons. The molecule has 1 atom stereocenters. The van der Waals surface area contributed by atoms with E-state index in [0.717, 1.165) is 30.5 Å². The van der Waals surface area contributed by atoms with Gasteiger partial charge in [-0.25, -0.2) is 8.42 Å². The number of ether oxygens (including phenoxy) is 2. The summed E-state index contributed by atoms with van der Waals surface area (Å²) in [4.78, 5) is 13.1. The Balaban J connectivity index is 1.66. The fraction of sp³-hybridized carbons (Fsp3) is 0.474. The third-order valence-corrected chi connectivity index (χ3v) is 7.09. The predicted molar refractivity (Wildman–Crippen MR) is 104 cm³/mol. The molecule has 0 saturated carbocycles. The van der Waals surface area contributed by atoms with Crippen LogP contribution >= 0.6 is 0 Å². The van der Waals surface area contributed by atoms with Crippen molar-refractivity contribution in [2.24, 2.45) is 0 Å². The lowest BCUT2D eigenvalue weighted by Gasteiger charge is -2.15. The van der Waals surface area contributed by atoms with Crippen molar-refractivity contribution >= 4 is 21.4 Å². The molecule has 0 unspecified atom stereocenters. The normalized spacial score (nSPS) is 20.0. The van der Waals surface area contributed by atoms with E-state index < -0.39 is 9.84 Å². The summed E-state index contributed by atoms with van der Waals surface area (Å²) in [5, 5.41) is 7.51. The fourth-order valence-electron chi connectivity index (χ4n) is 3.99. The summed E-state index contributed by atoms with van der Waals surface area (Å²) >= 11 is 0. The smallest absolute Gasteiger partial charge is 0.274 e. The highest BCUT2D eigenvalue weighted by Crippen LogP contribution is 2.33. The topological polar surface area (TPSA) is 99.5 Å². The Bertz CT molecular complexity index is 1030. The Morgan fingerprint density at radius 1 is 1.21 bits per heavy atom. The molecule has 0 spiro atoms. The number of carbonyl (C=O) groups excluding carboxylic acids is 1. The molecule has 4 rings (SSSR count). The van der Waals surface area contributed by atoms with Crippen LogP contribution in [0.5, 0.6) is 11.5 Å². The lowest BCUT2D eigenvalue weighted by atomic mass is 10.1. The van der Waals surface area contributed by atoms with Crippen molar-refractivity contribution in [2.45, 2.75) is 31.7 Å². The summed E-state index contributed by atoms with van der Waals surface area (Å²) in [7, 11) is 0.00596. The highest BCUT2D eigenvalue weighted by Gasteiger charge is 2.35. The van der Waals surface area contributed by atoms with E-state index in [0.29, 0.717) is 29.3 Å². The van der Waals surface area contributed by atoms with Gasteiger partial charge in [-0.2, -0.15) is 5.10 Å². The van der Waals surface area contributed by atoms with Gasteiger partial charge in [0.1, 0.15) is 5.69 Å². The minimum absolute atomic E-state index is 0.0319. The molecule has 1 amide bonds. The van der Waals surface area contributed by atoms with Crippen molar-refractivity contribution in [1.82, 2.24) is 9.78 Å². The van der Waals surface area contributed by atoms with Crippen molar-refractivity contribution < 1.29 is 22.7 Å². The number of nitrogens with zero attached hydrogens (tertiary/aromatic N) is 2. The van der Waals surface area contributed by atoms with E-state index in [1.54, 1.807) is 30.0 Å². The standard InChI is InChI=1S/C19H23N3O5S/c1-26-16-7-6-12(10-17(16)27-2)20-19(23)18-14-4-3-5-15(14)21-22(18)13-8-9-28(24,25)11-13/h6-7,10,13H,3-5,8-9,11H2,1-2H3,(H,20,23)/t13-/m1/s1. The van der Waals surface area contributed by atoms with Gasteiger partial charge in [0.15, 0.2) is 21.3 Å². The predicted octanol–water partition coefficient (Wildman–Crippen LogP) is 2.00. The molecule has 1 saturated heterocycles. The van der Waals surface area contributed by atoms with E-state index in [4.69, 9.17) is 9.47 Å². The molecule has 1 aliphatic carbocycles. The Morgan fingerprint density at radius 2 is 2.00 bits per heavy atom. The Kier molecular flexibility index (Phi) is 4.78. The quantitative estimate of drug-likeness (QED) is 0.817. The Hall–Kier alpha value is -2.55. The number of hydrogen-bond donors (Lipinski definition) is 1. The largest absolute Gasteiger partial charge is 0.493 e. The van der Waals surface area contributed by atoms with E-state index in [2.05, 4.69) is 10.4 Å². The van der Waals surface area contributed by atoms with Gasteiger partial charge in [0.05, 0.1) is 37.5 Å².